The van der Waals surface area contributed by atoms with Crippen molar-refractivity contribution in [3.05, 3.63) is 103 Å². The number of hydrogen-bond donors (Lipinski definition) is 0. The number of hydrogen-bond acceptors (Lipinski definition) is 4. The molecule has 0 radical (unpaired) electrons. The van der Waals surface area contributed by atoms with E-state index in [4.69, 9.17) is 4.42 Å². The second kappa shape index (κ2) is 8.72. The van der Waals surface area contributed by atoms with Gasteiger partial charge in [-0.05, 0) is 34.6 Å². The van der Waals surface area contributed by atoms with Crippen LogP contribution in [0.5, 0.6) is 0 Å². The molecule has 36 heavy (non-hydrogen) atoms. The van der Waals surface area contributed by atoms with Gasteiger partial charge >= 0.3 is 0 Å². The number of furan rings is 1. The van der Waals surface area contributed by atoms with Crippen LogP contribution in [0.25, 0.3) is 55.6 Å². The Hall–Kier alpha value is -4.31. The molecule has 176 valence electrons. The molecule has 0 fully saturated rings. The summed E-state index contributed by atoms with van der Waals surface area (Å²) in [5.41, 5.74) is 8.10. The van der Waals surface area contributed by atoms with Gasteiger partial charge in [0, 0.05) is 16.3 Å². The average molecular weight is 470 g/mol. The Labute approximate surface area is 210 Å². The highest BCUT2D eigenvalue weighted by molar-refractivity contribution is 6.12. The highest BCUT2D eigenvalue weighted by Gasteiger charge is 2.18. The number of aromatic nitrogens is 3. The number of rotatable bonds is 4. The molecule has 4 heteroatoms. The molecule has 0 bridgehead atoms. The molecule has 0 aliphatic rings. The van der Waals surface area contributed by atoms with Gasteiger partial charge in [0.25, 0.3) is 0 Å². The van der Waals surface area contributed by atoms with Crippen molar-refractivity contribution in [2.75, 3.05) is 0 Å². The van der Waals surface area contributed by atoms with Crippen LogP contribution in [0.1, 0.15) is 26.5 Å². The average Bonchev–Trinajstić information content (AvgIpc) is 3.28. The van der Waals surface area contributed by atoms with Crippen molar-refractivity contribution < 1.29 is 4.42 Å². The Kier molecular flexibility index (Phi) is 5.37. The molecule has 0 aliphatic carbocycles. The normalized spacial score (nSPS) is 11.9. The van der Waals surface area contributed by atoms with Gasteiger partial charge in [-0.2, -0.15) is 5.10 Å². The lowest BCUT2D eigenvalue weighted by Crippen LogP contribution is -2.11. The Morgan fingerprint density at radius 1 is 0.611 bits per heavy atom. The Morgan fingerprint density at radius 3 is 1.86 bits per heavy atom. The minimum absolute atomic E-state index is 0.131. The molecular weight excluding hydrogens is 442 g/mol. The van der Waals surface area contributed by atoms with Gasteiger partial charge in [0.05, 0.1) is 17.5 Å². The standard InChI is InChI=1S/C32H27N3O/c1-32(2,3)19-24-20-33-31(35-34-24)28-14-8-13-27-26-12-7-11-25(29(26)36-30(27)28)23-17-15-22(16-18-23)21-9-5-4-6-10-21/h4-18,20H,19H2,1-3H3. The van der Waals surface area contributed by atoms with Gasteiger partial charge in [0.1, 0.15) is 11.2 Å². The third-order valence-corrected chi connectivity index (χ3v) is 6.39. The van der Waals surface area contributed by atoms with E-state index in [1.165, 1.54) is 11.1 Å². The van der Waals surface area contributed by atoms with Gasteiger partial charge in [-0.1, -0.05) is 106 Å². The minimum atomic E-state index is 0.131. The van der Waals surface area contributed by atoms with Crippen LogP contribution in [0, 0.1) is 5.41 Å². The van der Waals surface area contributed by atoms with E-state index in [0.717, 1.165) is 50.7 Å². The van der Waals surface area contributed by atoms with Crippen LogP contribution in [0.3, 0.4) is 0 Å². The summed E-state index contributed by atoms with van der Waals surface area (Å²) in [7, 11) is 0. The summed E-state index contributed by atoms with van der Waals surface area (Å²) in [6.45, 7) is 6.56. The molecular formula is C32H27N3O. The van der Waals surface area contributed by atoms with Crippen LogP contribution in [0.15, 0.2) is 102 Å². The quantitative estimate of drug-likeness (QED) is 0.260. The van der Waals surface area contributed by atoms with Gasteiger partial charge in [0.2, 0.25) is 0 Å². The maximum absolute atomic E-state index is 6.54. The molecule has 2 heterocycles. The van der Waals surface area contributed by atoms with Crippen LogP contribution in [0.2, 0.25) is 0 Å². The van der Waals surface area contributed by atoms with E-state index < -0.39 is 0 Å². The molecule has 2 aromatic heterocycles. The number of benzene rings is 4. The fourth-order valence-electron chi connectivity index (χ4n) is 4.74. The molecule has 0 unspecified atom stereocenters. The Balaban J connectivity index is 1.43. The maximum atomic E-state index is 6.54. The number of para-hydroxylation sites is 2. The molecule has 0 atom stereocenters. The second-order valence-electron chi connectivity index (χ2n) is 10.4. The predicted molar refractivity (Wildman–Crippen MR) is 147 cm³/mol. The van der Waals surface area contributed by atoms with E-state index in [1.807, 2.05) is 24.4 Å². The highest BCUT2D eigenvalue weighted by Crippen LogP contribution is 2.39. The smallest absolute Gasteiger partial charge is 0.185 e. The van der Waals surface area contributed by atoms with Crippen molar-refractivity contribution in [3.8, 4) is 33.6 Å². The fraction of sp³-hybridized carbons (Fsp3) is 0.156. The number of nitrogens with zero attached hydrogens (tertiary/aromatic N) is 3. The van der Waals surface area contributed by atoms with Gasteiger partial charge in [-0.25, -0.2) is 4.98 Å². The summed E-state index contributed by atoms with van der Waals surface area (Å²) < 4.78 is 6.54. The molecule has 0 aliphatic heterocycles. The summed E-state index contributed by atoms with van der Waals surface area (Å²) in [4.78, 5) is 4.64. The van der Waals surface area contributed by atoms with Crippen LogP contribution < -0.4 is 0 Å². The third-order valence-electron chi connectivity index (χ3n) is 6.39. The van der Waals surface area contributed by atoms with E-state index in [0.29, 0.717) is 5.82 Å². The zero-order valence-electron chi connectivity index (χ0n) is 20.7. The van der Waals surface area contributed by atoms with Crippen LogP contribution in [-0.2, 0) is 6.42 Å². The Morgan fingerprint density at radius 2 is 1.22 bits per heavy atom. The van der Waals surface area contributed by atoms with Crippen molar-refractivity contribution in [2.24, 2.45) is 5.41 Å². The SMILES string of the molecule is CC(C)(C)Cc1cnc(-c2cccc3c2oc2c(-c4ccc(-c5ccccc5)cc4)cccc23)nn1. The zero-order valence-corrected chi connectivity index (χ0v) is 20.7. The van der Waals surface area contributed by atoms with Gasteiger partial charge < -0.3 is 4.42 Å². The van der Waals surface area contributed by atoms with Crippen molar-refractivity contribution in [1.82, 2.24) is 15.2 Å². The molecule has 6 aromatic rings. The monoisotopic (exact) mass is 469 g/mol. The van der Waals surface area contributed by atoms with Crippen molar-refractivity contribution in [2.45, 2.75) is 27.2 Å². The Bertz CT molecular complexity index is 1660. The largest absolute Gasteiger partial charge is 0.455 e. The minimum Gasteiger partial charge on any atom is -0.455 e. The summed E-state index contributed by atoms with van der Waals surface area (Å²) in [5.74, 6) is 0.575. The molecule has 0 saturated carbocycles. The van der Waals surface area contributed by atoms with Gasteiger partial charge in [-0.15, -0.1) is 5.10 Å². The first-order valence-electron chi connectivity index (χ1n) is 12.3. The predicted octanol–water partition coefficient (Wildman–Crippen LogP) is 8.36. The third kappa shape index (κ3) is 4.16. The van der Waals surface area contributed by atoms with E-state index in [2.05, 4.69) is 109 Å². The number of fused-ring (bicyclic) bond motifs is 3. The molecule has 0 amide bonds. The van der Waals surface area contributed by atoms with Crippen molar-refractivity contribution >= 4 is 21.9 Å². The van der Waals surface area contributed by atoms with E-state index in [-0.39, 0.29) is 5.41 Å². The molecule has 4 nitrogen and oxygen atoms in total. The second-order valence-corrected chi connectivity index (χ2v) is 10.4. The highest BCUT2D eigenvalue weighted by atomic mass is 16.3. The molecule has 4 aromatic carbocycles. The van der Waals surface area contributed by atoms with Crippen LogP contribution in [0.4, 0.5) is 0 Å². The molecule has 0 saturated heterocycles. The lowest BCUT2D eigenvalue weighted by Gasteiger charge is -2.16. The molecule has 6 rings (SSSR count). The summed E-state index contributed by atoms with van der Waals surface area (Å²) in [6, 6.07) is 31.5. The first kappa shape index (κ1) is 22.2. The van der Waals surface area contributed by atoms with E-state index >= 15 is 0 Å². The van der Waals surface area contributed by atoms with Crippen molar-refractivity contribution in [1.29, 1.82) is 0 Å². The lowest BCUT2D eigenvalue weighted by molar-refractivity contribution is 0.403. The summed E-state index contributed by atoms with van der Waals surface area (Å²) in [5, 5.41) is 11.0. The molecule has 0 N–H and O–H groups in total. The van der Waals surface area contributed by atoms with Crippen LogP contribution in [-0.4, -0.2) is 15.2 Å². The summed E-state index contributed by atoms with van der Waals surface area (Å²) in [6.07, 6.45) is 2.66. The van der Waals surface area contributed by atoms with Gasteiger partial charge in [0.15, 0.2) is 5.82 Å². The lowest BCUT2D eigenvalue weighted by atomic mass is 9.91. The van der Waals surface area contributed by atoms with Gasteiger partial charge in [-0.3, -0.25) is 0 Å². The first-order valence-corrected chi connectivity index (χ1v) is 12.3. The van der Waals surface area contributed by atoms with E-state index in [9.17, 15) is 0 Å². The fourth-order valence-corrected chi connectivity index (χ4v) is 4.74. The summed E-state index contributed by atoms with van der Waals surface area (Å²) >= 11 is 0. The van der Waals surface area contributed by atoms with E-state index in [1.54, 1.807) is 0 Å². The zero-order chi connectivity index (χ0) is 24.7. The van der Waals surface area contributed by atoms with Crippen LogP contribution >= 0.6 is 0 Å². The van der Waals surface area contributed by atoms with Crippen molar-refractivity contribution in [3.63, 3.8) is 0 Å². The maximum Gasteiger partial charge on any atom is 0.185 e. The first-order chi connectivity index (χ1) is 17.5. The molecule has 0 spiro atoms. The topological polar surface area (TPSA) is 51.8 Å².